The lowest BCUT2D eigenvalue weighted by molar-refractivity contribution is 0.0696. The van der Waals surface area contributed by atoms with Crippen molar-refractivity contribution in [2.45, 2.75) is 20.0 Å². The number of hydrogen-bond acceptors (Lipinski definition) is 4. The molecule has 0 aliphatic heterocycles. The van der Waals surface area contributed by atoms with E-state index in [1.807, 2.05) is 31.2 Å². The first kappa shape index (κ1) is 14.1. The van der Waals surface area contributed by atoms with Gasteiger partial charge in [-0.1, -0.05) is 12.1 Å². The fraction of sp³-hybridized carbons (Fsp3) is 0.267. The summed E-state index contributed by atoms with van der Waals surface area (Å²) in [5, 5.41) is 12.0. The molecule has 0 amide bonds. The van der Waals surface area contributed by atoms with Crippen molar-refractivity contribution in [3.8, 4) is 5.75 Å². The molecule has 0 spiro atoms. The van der Waals surface area contributed by atoms with Crippen LogP contribution in [0.4, 0.5) is 0 Å². The Morgan fingerprint density at radius 1 is 1.35 bits per heavy atom. The van der Waals surface area contributed by atoms with E-state index in [-0.39, 0.29) is 5.56 Å². The van der Waals surface area contributed by atoms with E-state index >= 15 is 0 Å². The molecule has 0 unspecified atom stereocenters. The van der Waals surface area contributed by atoms with Gasteiger partial charge in [-0.25, -0.2) is 4.79 Å². The Balaban J connectivity index is 1.85. The van der Waals surface area contributed by atoms with Gasteiger partial charge in [0, 0.05) is 6.54 Å². The van der Waals surface area contributed by atoms with E-state index in [2.05, 4.69) is 5.32 Å². The van der Waals surface area contributed by atoms with Gasteiger partial charge < -0.3 is 19.6 Å². The van der Waals surface area contributed by atoms with Crippen molar-refractivity contribution >= 4 is 5.97 Å². The third kappa shape index (κ3) is 3.86. The molecule has 0 saturated heterocycles. The van der Waals surface area contributed by atoms with Crippen molar-refractivity contribution in [1.29, 1.82) is 0 Å². The number of aromatic carboxylic acids is 1. The Morgan fingerprint density at radius 2 is 2.20 bits per heavy atom. The minimum absolute atomic E-state index is 0.167. The maximum Gasteiger partial charge on any atom is 0.338 e. The summed E-state index contributed by atoms with van der Waals surface area (Å²) >= 11 is 0. The molecule has 5 nitrogen and oxygen atoms in total. The smallest absolute Gasteiger partial charge is 0.338 e. The molecule has 1 aromatic carbocycles. The number of carboxylic acids is 1. The van der Waals surface area contributed by atoms with E-state index in [9.17, 15) is 4.79 Å². The van der Waals surface area contributed by atoms with E-state index in [0.717, 1.165) is 11.3 Å². The Hall–Kier alpha value is -2.27. The normalized spacial score (nSPS) is 10.4. The number of carbonyl (C=O) groups is 1. The lowest BCUT2D eigenvalue weighted by atomic mass is 10.2. The third-order valence-electron chi connectivity index (χ3n) is 2.74. The number of furan rings is 1. The van der Waals surface area contributed by atoms with Crippen LogP contribution in [-0.4, -0.2) is 17.7 Å². The molecule has 0 atom stereocenters. The Bertz CT molecular complexity index is 577. The Morgan fingerprint density at radius 3 is 2.90 bits per heavy atom. The molecule has 0 fully saturated rings. The number of ether oxygens (including phenoxy) is 1. The van der Waals surface area contributed by atoms with Crippen LogP contribution in [0.1, 0.15) is 28.6 Å². The van der Waals surface area contributed by atoms with Crippen LogP contribution >= 0.6 is 0 Å². The summed E-state index contributed by atoms with van der Waals surface area (Å²) in [5.41, 5.74) is 1.26. The van der Waals surface area contributed by atoms with Gasteiger partial charge in [0.05, 0.1) is 18.7 Å². The van der Waals surface area contributed by atoms with Gasteiger partial charge in [-0.05, 0) is 30.7 Å². The first-order valence-corrected chi connectivity index (χ1v) is 6.42. The molecule has 0 aliphatic rings. The molecule has 1 aromatic heterocycles. The highest BCUT2D eigenvalue weighted by atomic mass is 16.5. The molecule has 1 heterocycles. The predicted octanol–water partition coefficient (Wildman–Crippen LogP) is 2.67. The van der Waals surface area contributed by atoms with E-state index in [1.165, 1.54) is 12.3 Å². The topological polar surface area (TPSA) is 71.7 Å². The summed E-state index contributed by atoms with van der Waals surface area (Å²) in [6.45, 7) is 3.72. The van der Waals surface area contributed by atoms with Crippen LogP contribution in [0.2, 0.25) is 0 Å². The summed E-state index contributed by atoms with van der Waals surface area (Å²) in [6.07, 6.45) is 1.25. The summed E-state index contributed by atoms with van der Waals surface area (Å²) in [7, 11) is 0. The SMILES string of the molecule is CCOc1cccc(CNCc2cc(C(=O)O)co2)c1. The number of hydrogen-bond donors (Lipinski definition) is 2. The molecule has 5 heteroatoms. The zero-order valence-electron chi connectivity index (χ0n) is 11.3. The molecule has 0 radical (unpaired) electrons. The molecule has 106 valence electrons. The summed E-state index contributed by atoms with van der Waals surface area (Å²) < 4.78 is 10.6. The maximum absolute atomic E-state index is 10.7. The van der Waals surface area contributed by atoms with Crippen molar-refractivity contribution in [2.75, 3.05) is 6.61 Å². The highest BCUT2D eigenvalue weighted by Gasteiger charge is 2.07. The van der Waals surface area contributed by atoms with E-state index in [4.69, 9.17) is 14.3 Å². The van der Waals surface area contributed by atoms with Gasteiger partial charge in [-0.3, -0.25) is 0 Å². The number of nitrogens with one attached hydrogen (secondary N) is 1. The second-order valence-corrected chi connectivity index (χ2v) is 4.29. The highest BCUT2D eigenvalue weighted by molar-refractivity contribution is 5.87. The molecule has 2 N–H and O–H groups in total. The molecular weight excluding hydrogens is 258 g/mol. The lowest BCUT2D eigenvalue weighted by Crippen LogP contribution is -2.12. The molecule has 2 aromatic rings. The molecule has 2 rings (SSSR count). The van der Waals surface area contributed by atoms with Gasteiger partial charge in [0.15, 0.2) is 0 Å². The van der Waals surface area contributed by atoms with E-state index < -0.39 is 5.97 Å². The van der Waals surface area contributed by atoms with Gasteiger partial charge >= 0.3 is 5.97 Å². The first-order valence-electron chi connectivity index (χ1n) is 6.42. The van der Waals surface area contributed by atoms with Crippen molar-refractivity contribution in [2.24, 2.45) is 0 Å². The average Bonchev–Trinajstić information content (AvgIpc) is 2.89. The molecular formula is C15H17NO4. The zero-order valence-corrected chi connectivity index (χ0v) is 11.3. The Labute approximate surface area is 117 Å². The van der Waals surface area contributed by atoms with Gasteiger partial charge in [0.2, 0.25) is 0 Å². The van der Waals surface area contributed by atoms with Crippen molar-refractivity contribution in [1.82, 2.24) is 5.32 Å². The fourth-order valence-electron chi connectivity index (χ4n) is 1.83. The van der Waals surface area contributed by atoms with Crippen molar-refractivity contribution in [3.63, 3.8) is 0 Å². The Kier molecular flexibility index (Phi) is 4.79. The highest BCUT2D eigenvalue weighted by Crippen LogP contribution is 2.13. The van der Waals surface area contributed by atoms with Crippen LogP contribution < -0.4 is 10.1 Å². The minimum atomic E-state index is -0.982. The largest absolute Gasteiger partial charge is 0.494 e. The van der Waals surface area contributed by atoms with Crippen LogP contribution in [0.5, 0.6) is 5.75 Å². The monoisotopic (exact) mass is 275 g/mol. The van der Waals surface area contributed by atoms with E-state index in [0.29, 0.717) is 25.5 Å². The molecule has 0 bridgehead atoms. The van der Waals surface area contributed by atoms with Crippen LogP contribution in [0.25, 0.3) is 0 Å². The van der Waals surface area contributed by atoms with E-state index in [1.54, 1.807) is 0 Å². The maximum atomic E-state index is 10.7. The third-order valence-corrected chi connectivity index (χ3v) is 2.74. The molecule has 0 aliphatic carbocycles. The van der Waals surface area contributed by atoms with Gasteiger partial charge in [-0.15, -0.1) is 0 Å². The number of benzene rings is 1. The van der Waals surface area contributed by atoms with Gasteiger partial charge in [0.25, 0.3) is 0 Å². The summed E-state index contributed by atoms with van der Waals surface area (Å²) in [4.78, 5) is 10.7. The summed E-state index contributed by atoms with van der Waals surface area (Å²) in [6, 6.07) is 9.35. The number of carboxylic acid groups (broad SMARTS) is 1. The van der Waals surface area contributed by atoms with Crippen molar-refractivity contribution < 1.29 is 19.1 Å². The lowest BCUT2D eigenvalue weighted by Gasteiger charge is -2.06. The van der Waals surface area contributed by atoms with Crippen LogP contribution in [-0.2, 0) is 13.1 Å². The zero-order chi connectivity index (χ0) is 14.4. The molecule has 0 saturated carbocycles. The standard InChI is InChI=1S/C15H17NO4/c1-2-19-13-5-3-4-11(6-13)8-16-9-14-7-12(10-20-14)15(17)18/h3-7,10,16H,2,8-9H2,1H3,(H,17,18). The quantitative estimate of drug-likeness (QED) is 0.812. The average molecular weight is 275 g/mol. The second kappa shape index (κ2) is 6.77. The van der Waals surface area contributed by atoms with Gasteiger partial charge in [-0.2, -0.15) is 0 Å². The van der Waals surface area contributed by atoms with Crippen LogP contribution in [0.3, 0.4) is 0 Å². The van der Waals surface area contributed by atoms with Crippen LogP contribution in [0, 0.1) is 0 Å². The predicted molar refractivity (Wildman–Crippen MR) is 73.8 cm³/mol. The summed E-state index contributed by atoms with van der Waals surface area (Å²) in [5.74, 6) is 0.464. The van der Waals surface area contributed by atoms with Crippen molar-refractivity contribution in [3.05, 3.63) is 53.5 Å². The minimum Gasteiger partial charge on any atom is -0.494 e. The first-order chi connectivity index (χ1) is 9.69. The molecule has 20 heavy (non-hydrogen) atoms. The number of rotatable bonds is 7. The second-order valence-electron chi connectivity index (χ2n) is 4.29. The van der Waals surface area contributed by atoms with Crippen LogP contribution in [0.15, 0.2) is 41.0 Å². The fourth-order valence-corrected chi connectivity index (χ4v) is 1.83. The van der Waals surface area contributed by atoms with Gasteiger partial charge in [0.1, 0.15) is 17.8 Å².